The van der Waals surface area contributed by atoms with Crippen LogP contribution in [0.2, 0.25) is 25.7 Å². The van der Waals surface area contributed by atoms with Crippen molar-refractivity contribution < 1.29 is 23.8 Å². The van der Waals surface area contributed by atoms with Crippen LogP contribution in [-0.4, -0.2) is 50.0 Å². The lowest BCUT2D eigenvalue weighted by atomic mass is 9.77. The minimum absolute atomic E-state index is 0.00688. The van der Waals surface area contributed by atoms with E-state index in [9.17, 15) is 14.3 Å². The normalized spacial score (nSPS) is 19.9. The summed E-state index contributed by atoms with van der Waals surface area (Å²) in [6.07, 6.45) is 1.39. The van der Waals surface area contributed by atoms with Crippen molar-refractivity contribution in [3.63, 3.8) is 0 Å². The smallest absolute Gasteiger partial charge is 0.407 e. The van der Waals surface area contributed by atoms with E-state index >= 15 is 0 Å². The molecule has 202 valence electrons. The van der Waals surface area contributed by atoms with Crippen molar-refractivity contribution in [2.24, 2.45) is 5.92 Å². The topological polar surface area (TPSA) is 59.0 Å². The van der Waals surface area contributed by atoms with Gasteiger partial charge in [0.25, 0.3) is 0 Å². The fraction of sp³-hybridized carbons (Fsp3) is 0.387. The molecule has 1 aliphatic heterocycles. The largest absolute Gasteiger partial charge is 0.490 e. The minimum atomic E-state index is -1.34. The second-order valence-corrected chi connectivity index (χ2v) is 17.0. The predicted molar refractivity (Wildman–Crippen MR) is 153 cm³/mol. The van der Waals surface area contributed by atoms with Crippen LogP contribution in [0.15, 0.2) is 73.3 Å². The zero-order valence-corrected chi connectivity index (χ0v) is 23.5. The molecule has 5 nitrogen and oxygen atoms in total. The number of rotatable bonds is 10. The molecule has 1 fully saturated rings. The molecule has 4 rings (SSSR count). The van der Waals surface area contributed by atoms with Crippen molar-refractivity contribution >= 4 is 24.9 Å². The van der Waals surface area contributed by atoms with Crippen LogP contribution in [0.25, 0.3) is 10.8 Å². The minimum Gasteiger partial charge on any atom is -0.490 e. The molecule has 0 radical (unpaired) electrons. The quantitative estimate of drug-likeness (QED) is 0.215. The predicted octanol–water partition coefficient (Wildman–Crippen LogP) is 7.55. The number of amides is 1. The Hall–Kier alpha value is -3.16. The average Bonchev–Trinajstić information content (AvgIpc) is 2.89. The van der Waals surface area contributed by atoms with Gasteiger partial charge in [0.2, 0.25) is 0 Å². The highest BCUT2D eigenvalue weighted by Crippen LogP contribution is 2.39. The molecule has 0 spiro atoms. The van der Waals surface area contributed by atoms with Gasteiger partial charge in [0.05, 0.1) is 19.3 Å². The maximum Gasteiger partial charge on any atom is 0.407 e. The van der Waals surface area contributed by atoms with Gasteiger partial charge in [0, 0.05) is 20.5 Å². The van der Waals surface area contributed by atoms with Crippen molar-refractivity contribution in [2.45, 2.75) is 50.7 Å². The highest BCUT2D eigenvalue weighted by Gasteiger charge is 2.40. The average molecular weight is 536 g/mol. The van der Waals surface area contributed by atoms with Gasteiger partial charge in [0.1, 0.15) is 18.2 Å². The molecule has 1 heterocycles. The summed E-state index contributed by atoms with van der Waals surface area (Å²) in [5.74, 6) is 0.617. The molecule has 0 bridgehead atoms. The van der Waals surface area contributed by atoms with E-state index in [1.165, 1.54) is 17.0 Å². The number of nitrogens with zero attached hydrogens (tertiary/aromatic N) is 1. The molecular formula is C31H38FNO4Si. The van der Waals surface area contributed by atoms with Crippen LogP contribution in [0, 0.1) is 11.7 Å². The summed E-state index contributed by atoms with van der Waals surface area (Å²) in [6.45, 7) is 12.3. The van der Waals surface area contributed by atoms with E-state index in [2.05, 4.69) is 32.3 Å². The van der Waals surface area contributed by atoms with Gasteiger partial charge in [-0.15, -0.1) is 0 Å². The highest BCUT2D eigenvalue weighted by atomic mass is 28.3. The Morgan fingerprint density at radius 1 is 1.08 bits per heavy atom. The Labute approximate surface area is 225 Å². The van der Waals surface area contributed by atoms with Crippen molar-refractivity contribution in [1.82, 2.24) is 4.90 Å². The molecular weight excluding hydrogens is 497 g/mol. The summed E-state index contributed by atoms with van der Waals surface area (Å²) in [4.78, 5) is 13.6. The second-order valence-electron chi connectivity index (χ2n) is 11.4. The van der Waals surface area contributed by atoms with E-state index < -0.39 is 14.2 Å². The van der Waals surface area contributed by atoms with Gasteiger partial charge in [-0.25, -0.2) is 9.18 Å². The molecule has 7 heteroatoms. The van der Waals surface area contributed by atoms with Crippen LogP contribution in [-0.2, 0) is 11.3 Å². The summed E-state index contributed by atoms with van der Waals surface area (Å²) < 4.78 is 25.9. The fourth-order valence-electron chi connectivity index (χ4n) is 5.29. The Morgan fingerprint density at radius 2 is 1.79 bits per heavy atom. The summed E-state index contributed by atoms with van der Waals surface area (Å²) in [6, 6.07) is 19.9. The van der Waals surface area contributed by atoms with Gasteiger partial charge < -0.3 is 19.5 Å². The molecule has 3 unspecified atom stereocenters. The maximum atomic E-state index is 13.8. The van der Waals surface area contributed by atoms with E-state index in [-0.39, 0.29) is 23.8 Å². The van der Waals surface area contributed by atoms with E-state index in [4.69, 9.17) is 9.47 Å². The van der Waals surface area contributed by atoms with E-state index in [1.807, 2.05) is 42.5 Å². The third-order valence-electron chi connectivity index (χ3n) is 7.26. The van der Waals surface area contributed by atoms with Gasteiger partial charge in [-0.1, -0.05) is 75.1 Å². The van der Waals surface area contributed by atoms with Crippen LogP contribution < -0.4 is 4.74 Å². The zero-order chi connectivity index (χ0) is 27.3. The van der Waals surface area contributed by atoms with Crippen molar-refractivity contribution in [1.29, 1.82) is 0 Å². The molecule has 3 aromatic rings. The van der Waals surface area contributed by atoms with Gasteiger partial charge in [-0.05, 0) is 58.1 Å². The monoisotopic (exact) mass is 535 g/mol. The number of ether oxygens (including phenoxy) is 2. The Bertz CT molecular complexity index is 1260. The number of piperidine rings is 1. The molecule has 38 heavy (non-hydrogen) atoms. The molecule has 3 aromatic carbocycles. The Balaban J connectivity index is 1.57. The number of hydrogen-bond donors (Lipinski definition) is 1. The third-order valence-corrected chi connectivity index (χ3v) is 9.05. The number of fused-ring (bicyclic) bond motifs is 1. The van der Waals surface area contributed by atoms with Gasteiger partial charge in [0.15, 0.2) is 0 Å². The third kappa shape index (κ3) is 7.23. The summed E-state index contributed by atoms with van der Waals surface area (Å²) in [5, 5.41) is 12.0. The first-order valence-electron chi connectivity index (χ1n) is 13.2. The number of benzene rings is 3. The Morgan fingerprint density at radius 3 is 2.47 bits per heavy atom. The summed E-state index contributed by atoms with van der Waals surface area (Å²) >= 11 is 0. The van der Waals surface area contributed by atoms with Gasteiger partial charge >= 0.3 is 6.09 Å². The van der Waals surface area contributed by atoms with Gasteiger partial charge in [-0.2, -0.15) is 0 Å². The molecule has 0 aromatic heterocycles. The molecule has 0 saturated carbocycles. The number of hydrogen-bond acceptors (Lipinski definition) is 3. The zero-order valence-electron chi connectivity index (χ0n) is 22.5. The lowest BCUT2D eigenvalue weighted by Gasteiger charge is -2.43. The van der Waals surface area contributed by atoms with Crippen molar-refractivity contribution in [3.05, 3.63) is 90.3 Å². The fourth-order valence-corrected chi connectivity index (χ4v) is 6.53. The van der Waals surface area contributed by atoms with Crippen LogP contribution in [0.1, 0.15) is 23.5 Å². The number of carbonyl (C=O) groups is 1. The molecule has 3 atom stereocenters. The van der Waals surface area contributed by atoms with Crippen molar-refractivity contribution in [2.75, 3.05) is 19.7 Å². The SMILES string of the molecule is C=CCOc1ccc2cc(COC3CN(C(=O)O)CC(CC[Si](C)(C)C)C3c3ccc(F)cc3)ccc2c1. The molecule has 1 aliphatic rings. The highest BCUT2D eigenvalue weighted by molar-refractivity contribution is 6.76. The molecule has 1 N–H and O–H groups in total. The van der Waals surface area contributed by atoms with Crippen molar-refractivity contribution in [3.8, 4) is 5.75 Å². The van der Waals surface area contributed by atoms with E-state index in [0.29, 0.717) is 26.3 Å². The summed E-state index contributed by atoms with van der Waals surface area (Å²) in [5.41, 5.74) is 2.02. The van der Waals surface area contributed by atoms with Gasteiger partial charge in [-0.3, -0.25) is 0 Å². The van der Waals surface area contributed by atoms with E-state index in [1.54, 1.807) is 6.08 Å². The first-order chi connectivity index (χ1) is 18.1. The number of halogens is 1. The lowest BCUT2D eigenvalue weighted by molar-refractivity contribution is -0.0401. The van der Waals surface area contributed by atoms with Crippen LogP contribution >= 0.6 is 0 Å². The first-order valence-corrected chi connectivity index (χ1v) is 16.9. The standard InChI is InChI=1S/C31H38FNO4Si/c1-5-15-36-28-13-10-24-17-22(6-7-25(24)18-28)21-37-29-20-33(31(34)35)19-26(14-16-38(2,3)4)30(29)23-8-11-27(32)12-9-23/h5-13,17-18,26,29-30H,1,14-16,19-21H2,2-4H3,(H,34,35). The number of likely N-dealkylation sites (tertiary alicyclic amines) is 1. The molecule has 1 amide bonds. The van der Waals surface area contributed by atoms with Crippen LogP contribution in [0.5, 0.6) is 5.75 Å². The van der Waals surface area contributed by atoms with Crippen LogP contribution in [0.3, 0.4) is 0 Å². The molecule has 0 aliphatic carbocycles. The molecule has 1 saturated heterocycles. The first kappa shape index (κ1) is 27.9. The Kier molecular flexibility index (Phi) is 8.90. The van der Waals surface area contributed by atoms with E-state index in [0.717, 1.165) is 40.1 Å². The summed E-state index contributed by atoms with van der Waals surface area (Å²) in [7, 11) is -1.34. The maximum absolute atomic E-state index is 13.8. The lowest BCUT2D eigenvalue weighted by Crippen LogP contribution is -2.51. The number of carboxylic acid groups (broad SMARTS) is 1. The second kappa shape index (κ2) is 12.1. The van der Waals surface area contributed by atoms with Crippen LogP contribution in [0.4, 0.5) is 9.18 Å².